The van der Waals surface area contributed by atoms with Gasteiger partial charge in [-0.1, -0.05) is 103 Å². The van der Waals surface area contributed by atoms with Gasteiger partial charge in [0.25, 0.3) is 0 Å². The van der Waals surface area contributed by atoms with Crippen LogP contribution in [0.1, 0.15) is 29.3 Å². The highest BCUT2D eigenvalue weighted by Gasteiger charge is 2.68. The Morgan fingerprint density at radius 2 is 1.53 bits per heavy atom. The summed E-state index contributed by atoms with van der Waals surface area (Å²) in [5.74, 6) is 0.193. The predicted molar refractivity (Wildman–Crippen MR) is 170 cm³/mol. The molecule has 0 spiro atoms. The number of nitriles is 1. The highest BCUT2D eigenvalue weighted by Crippen LogP contribution is 2.51. The Hall–Kier alpha value is -4.31. The Kier molecular flexibility index (Phi) is 9.11. The monoisotopic (exact) mass is 622 g/mol. The third kappa shape index (κ3) is 6.03. The maximum Gasteiger partial charge on any atom is 0.230 e. The molecule has 11 heteroatoms. The van der Waals surface area contributed by atoms with Crippen LogP contribution < -0.4 is 5.73 Å². The Morgan fingerprint density at radius 3 is 2.13 bits per heavy atom. The molecule has 3 aromatic carbocycles. The van der Waals surface area contributed by atoms with Gasteiger partial charge in [-0.05, 0) is 29.9 Å². The van der Waals surface area contributed by atoms with Crippen molar-refractivity contribution < 1.29 is 18.9 Å². The molecule has 2 unspecified atom stereocenters. The lowest BCUT2D eigenvalue weighted by molar-refractivity contribution is -0.168. The van der Waals surface area contributed by atoms with E-state index in [1.54, 1.807) is 6.20 Å². The quantitative estimate of drug-likeness (QED) is 0.182. The van der Waals surface area contributed by atoms with Crippen molar-refractivity contribution >= 4 is 23.2 Å². The van der Waals surface area contributed by atoms with Crippen molar-refractivity contribution in [2.24, 2.45) is 0 Å². The summed E-state index contributed by atoms with van der Waals surface area (Å²) >= 11 is 1.33. The molecule has 2 aromatic heterocycles. The minimum Gasteiger partial charge on any atom is -0.380 e. The fourth-order valence-electron chi connectivity index (χ4n) is 5.69. The summed E-state index contributed by atoms with van der Waals surface area (Å²) in [5.41, 5.74) is 6.80. The molecule has 4 atom stereocenters. The number of hydrogen-bond donors (Lipinski definition) is 1. The van der Waals surface area contributed by atoms with Crippen molar-refractivity contribution in [2.45, 2.75) is 55.3 Å². The van der Waals surface area contributed by atoms with Gasteiger partial charge in [-0.2, -0.15) is 5.26 Å². The fraction of sp³-hybridized carbons (Fsp3) is 0.294. The molecule has 6 rings (SSSR count). The number of nitrogens with two attached hydrogens (primary N) is 1. The van der Waals surface area contributed by atoms with Gasteiger partial charge in [0.1, 0.15) is 29.6 Å². The lowest BCUT2D eigenvalue weighted by Gasteiger charge is -2.39. The van der Waals surface area contributed by atoms with Gasteiger partial charge in [-0.25, -0.2) is 14.5 Å². The summed E-state index contributed by atoms with van der Waals surface area (Å²) in [7, 11) is 0. The number of nitrogen functional groups attached to an aromatic ring is 1. The maximum absolute atomic E-state index is 11.1. The zero-order chi connectivity index (χ0) is 31.3. The van der Waals surface area contributed by atoms with Crippen molar-refractivity contribution in [3.05, 3.63) is 120 Å². The normalized spacial score (nSPS) is 22.9. The molecular weight excluding hydrogens is 588 g/mol. The summed E-state index contributed by atoms with van der Waals surface area (Å²) in [6.07, 6.45) is 1.98. The molecule has 0 radical (unpaired) electrons. The van der Waals surface area contributed by atoms with Crippen LogP contribution in [-0.4, -0.2) is 50.3 Å². The second-order valence-corrected chi connectivity index (χ2v) is 11.7. The van der Waals surface area contributed by atoms with Gasteiger partial charge in [0.2, 0.25) is 10.8 Å². The number of thioether (sulfide) groups is 1. The summed E-state index contributed by atoms with van der Waals surface area (Å²) in [6.45, 7) is 2.84. The zero-order valence-electron chi connectivity index (χ0n) is 25.1. The number of nitrogens with zero attached hydrogens (tertiary/aromatic N) is 5. The van der Waals surface area contributed by atoms with Crippen LogP contribution in [0.2, 0.25) is 0 Å². The molecule has 45 heavy (non-hydrogen) atoms. The lowest BCUT2D eigenvalue weighted by Crippen LogP contribution is -2.55. The van der Waals surface area contributed by atoms with E-state index < -0.39 is 23.4 Å². The van der Waals surface area contributed by atoms with Crippen molar-refractivity contribution in [2.75, 3.05) is 18.6 Å². The average Bonchev–Trinajstić information content (AvgIpc) is 3.61. The average molecular weight is 623 g/mol. The van der Waals surface area contributed by atoms with Gasteiger partial charge in [-0.15, -0.1) is 5.10 Å². The second kappa shape index (κ2) is 13.4. The van der Waals surface area contributed by atoms with Gasteiger partial charge in [0.15, 0.2) is 11.5 Å². The maximum atomic E-state index is 11.1. The summed E-state index contributed by atoms with van der Waals surface area (Å²) < 4.78 is 28.0. The number of hydrogen-bond acceptors (Lipinski definition) is 10. The molecule has 10 nitrogen and oxygen atoms in total. The highest BCUT2D eigenvalue weighted by molar-refractivity contribution is 7.98. The van der Waals surface area contributed by atoms with Gasteiger partial charge in [0, 0.05) is 0 Å². The summed E-state index contributed by atoms with van der Waals surface area (Å²) in [6, 6.07) is 32.0. The minimum atomic E-state index is -1.72. The van der Waals surface area contributed by atoms with E-state index in [2.05, 4.69) is 21.1 Å². The number of imidazole rings is 1. The predicted octanol–water partition coefficient (Wildman–Crippen LogP) is 5.32. The first-order chi connectivity index (χ1) is 22.0. The summed E-state index contributed by atoms with van der Waals surface area (Å²) in [5, 5.41) is 16.2. The van der Waals surface area contributed by atoms with E-state index >= 15 is 0 Å². The molecular formula is C34H34N6O4S. The van der Waals surface area contributed by atoms with Crippen LogP contribution in [0.3, 0.4) is 0 Å². The molecule has 0 aliphatic carbocycles. The molecule has 5 aromatic rings. The standard InChI is InChI=1S/C34H34N6O4S/c1-33(43-21-26-16-10-5-11-17-26)29(42-20-25-14-8-4-9-15-25)27(22-41-19-24-12-6-3-7-13-24)44-34(33,23-35)28-18-37-31-30(36)38-32(45-2)39-40(28)31/h3-18,27,29H,19-22H2,1-2H3,(H2,36,38,39)/t27-,29?,33-,34?/m1/s1. The first-order valence-electron chi connectivity index (χ1n) is 14.6. The third-order valence-electron chi connectivity index (χ3n) is 8.02. The van der Waals surface area contributed by atoms with E-state index in [0.29, 0.717) is 23.1 Å². The lowest BCUT2D eigenvalue weighted by atomic mass is 9.79. The molecule has 0 bridgehead atoms. The van der Waals surface area contributed by atoms with E-state index in [-0.39, 0.29) is 25.6 Å². The molecule has 1 fully saturated rings. The first kappa shape index (κ1) is 30.7. The van der Waals surface area contributed by atoms with Crippen LogP contribution in [0.4, 0.5) is 5.82 Å². The Morgan fingerprint density at radius 1 is 0.933 bits per heavy atom. The molecule has 2 N–H and O–H groups in total. The Labute approximate surface area is 266 Å². The minimum absolute atomic E-state index is 0.145. The van der Waals surface area contributed by atoms with E-state index in [4.69, 9.17) is 24.7 Å². The Balaban J connectivity index is 1.44. The number of benzene rings is 3. The van der Waals surface area contributed by atoms with Crippen molar-refractivity contribution in [1.29, 1.82) is 5.26 Å². The van der Waals surface area contributed by atoms with Gasteiger partial charge in [0.05, 0.1) is 32.6 Å². The molecule has 1 aliphatic rings. The first-order valence-corrected chi connectivity index (χ1v) is 15.8. The number of rotatable bonds is 12. The number of ether oxygens (including phenoxy) is 4. The van der Waals surface area contributed by atoms with Crippen molar-refractivity contribution in [3.63, 3.8) is 0 Å². The SMILES string of the molecule is CSc1nc(N)c2ncc(C3(C#N)O[C@H](COCc4ccccc4)C(OCc4ccccc4)[C@@]3(C)OCc3ccccc3)n2n1. The Bertz CT molecular complexity index is 1770. The van der Waals surface area contributed by atoms with Crippen LogP contribution in [0.25, 0.3) is 5.65 Å². The second-order valence-electron chi connectivity index (χ2n) is 10.9. The smallest absolute Gasteiger partial charge is 0.230 e. The highest BCUT2D eigenvalue weighted by atomic mass is 32.2. The molecule has 1 aliphatic heterocycles. The van der Waals surface area contributed by atoms with Crippen molar-refractivity contribution in [3.8, 4) is 6.07 Å². The van der Waals surface area contributed by atoms with E-state index in [1.807, 2.05) is 104 Å². The van der Waals surface area contributed by atoms with Crippen LogP contribution in [0, 0.1) is 11.3 Å². The fourth-order valence-corrected chi connectivity index (χ4v) is 6.04. The van der Waals surface area contributed by atoms with Gasteiger partial charge in [-0.3, -0.25) is 0 Å². The largest absolute Gasteiger partial charge is 0.380 e. The van der Waals surface area contributed by atoms with Crippen LogP contribution >= 0.6 is 11.8 Å². The molecule has 230 valence electrons. The van der Waals surface area contributed by atoms with Crippen LogP contribution in [-0.2, 0) is 44.4 Å². The van der Waals surface area contributed by atoms with E-state index in [9.17, 15) is 5.26 Å². The van der Waals surface area contributed by atoms with Gasteiger partial charge < -0.3 is 24.7 Å². The number of anilines is 1. The van der Waals surface area contributed by atoms with Gasteiger partial charge >= 0.3 is 0 Å². The zero-order valence-corrected chi connectivity index (χ0v) is 25.9. The molecule has 3 heterocycles. The van der Waals surface area contributed by atoms with Crippen LogP contribution in [0.5, 0.6) is 0 Å². The van der Waals surface area contributed by atoms with E-state index in [1.165, 1.54) is 16.3 Å². The number of fused-ring (bicyclic) bond motifs is 1. The number of aromatic nitrogens is 4. The molecule has 0 saturated carbocycles. The summed E-state index contributed by atoms with van der Waals surface area (Å²) in [4.78, 5) is 8.83. The van der Waals surface area contributed by atoms with Crippen LogP contribution in [0.15, 0.2) is 102 Å². The topological polar surface area (TPSA) is 130 Å². The van der Waals surface area contributed by atoms with E-state index in [0.717, 1.165) is 16.7 Å². The molecule has 1 saturated heterocycles. The third-order valence-corrected chi connectivity index (χ3v) is 8.56. The van der Waals surface area contributed by atoms with Crippen molar-refractivity contribution in [1.82, 2.24) is 19.6 Å². The molecule has 0 amide bonds.